The summed E-state index contributed by atoms with van der Waals surface area (Å²) in [6.45, 7) is 5.29. The van der Waals surface area contributed by atoms with Gasteiger partial charge in [0.25, 0.3) is 0 Å². The molecule has 29 heavy (non-hydrogen) atoms. The van der Waals surface area contributed by atoms with Crippen LogP contribution in [-0.4, -0.2) is 12.1 Å². The van der Waals surface area contributed by atoms with Gasteiger partial charge in [0.15, 0.2) is 0 Å². The number of pyridine rings is 1. The monoisotopic (exact) mass is 380 g/mol. The van der Waals surface area contributed by atoms with Crippen LogP contribution in [0.1, 0.15) is 25.0 Å². The normalized spacial score (nSPS) is 14.7. The molecule has 4 aromatic rings. The Kier molecular flexibility index (Phi) is 4.14. The van der Waals surface area contributed by atoms with E-state index in [0.29, 0.717) is 0 Å². The van der Waals surface area contributed by atoms with Crippen LogP contribution in [0.15, 0.2) is 72.8 Å². The standard InChI is InChI=1S/C26H24N2O/c1-26(2)24-19(16-27-26)15-21(18-10-5-4-6-11-18)28-25(24)23-20-12-8-7-9-17(20)13-14-22(23)29-3/h4-15,27H,16H2,1-3H3. The number of nitrogens with zero attached hydrogens (tertiary/aromatic N) is 1. The lowest BCUT2D eigenvalue weighted by Gasteiger charge is -2.24. The maximum Gasteiger partial charge on any atom is 0.128 e. The van der Waals surface area contributed by atoms with Crippen molar-refractivity contribution in [1.82, 2.24) is 10.3 Å². The summed E-state index contributed by atoms with van der Waals surface area (Å²) in [6.07, 6.45) is 0. The lowest BCUT2D eigenvalue weighted by Crippen LogP contribution is -2.29. The minimum Gasteiger partial charge on any atom is -0.496 e. The van der Waals surface area contributed by atoms with E-state index in [2.05, 4.69) is 85.9 Å². The second-order valence-corrected chi connectivity index (χ2v) is 8.10. The maximum absolute atomic E-state index is 5.82. The fourth-order valence-electron chi connectivity index (χ4n) is 4.44. The van der Waals surface area contributed by atoms with Gasteiger partial charge in [-0.05, 0) is 42.3 Å². The lowest BCUT2D eigenvalue weighted by molar-refractivity contribution is 0.416. The van der Waals surface area contributed by atoms with E-state index >= 15 is 0 Å². The van der Waals surface area contributed by atoms with Crippen LogP contribution in [0.4, 0.5) is 0 Å². The molecule has 1 N–H and O–H groups in total. The molecule has 144 valence electrons. The molecule has 3 nitrogen and oxygen atoms in total. The quantitative estimate of drug-likeness (QED) is 0.479. The van der Waals surface area contributed by atoms with Gasteiger partial charge in [-0.2, -0.15) is 0 Å². The van der Waals surface area contributed by atoms with E-state index in [4.69, 9.17) is 9.72 Å². The Morgan fingerprint density at radius 3 is 2.48 bits per heavy atom. The number of fused-ring (bicyclic) bond motifs is 2. The topological polar surface area (TPSA) is 34.1 Å². The minimum atomic E-state index is -0.158. The largest absolute Gasteiger partial charge is 0.496 e. The Morgan fingerprint density at radius 1 is 0.931 bits per heavy atom. The number of nitrogens with one attached hydrogen (secondary N) is 1. The van der Waals surface area contributed by atoms with Gasteiger partial charge in [-0.15, -0.1) is 0 Å². The van der Waals surface area contributed by atoms with Crippen molar-refractivity contribution < 1.29 is 4.74 Å². The van der Waals surface area contributed by atoms with Crippen molar-refractivity contribution in [3.63, 3.8) is 0 Å². The number of ether oxygens (including phenoxy) is 1. The molecule has 5 rings (SSSR count). The molecule has 0 atom stereocenters. The first-order valence-electron chi connectivity index (χ1n) is 9.99. The average molecular weight is 380 g/mol. The van der Waals surface area contributed by atoms with E-state index in [1.165, 1.54) is 16.5 Å². The van der Waals surface area contributed by atoms with Crippen LogP contribution in [0, 0.1) is 0 Å². The predicted molar refractivity (Wildman–Crippen MR) is 119 cm³/mol. The Hall–Kier alpha value is -3.17. The van der Waals surface area contributed by atoms with E-state index in [1.54, 1.807) is 7.11 Å². The number of rotatable bonds is 3. The lowest BCUT2D eigenvalue weighted by atomic mass is 9.87. The molecule has 1 aliphatic heterocycles. The number of aromatic nitrogens is 1. The molecule has 0 saturated carbocycles. The summed E-state index contributed by atoms with van der Waals surface area (Å²) in [5.41, 5.74) is 6.59. The molecule has 0 radical (unpaired) electrons. The number of methoxy groups -OCH3 is 1. The molecule has 0 saturated heterocycles. The van der Waals surface area contributed by atoms with Crippen molar-refractivity contribution in [3.8, 4) is 28.3 Å². The Bertz CT molecular complexity index is 1210. The Balaban J connectivity index is 1.89. The highest BCUT2D eigenvalue weighted by molar-refractivity contribution is 6.00. The summed E-state index contributed by atoms with van der Waals surface area (Å²) in [5, 5.41) is 6.00. The van der Waals surface area contributed by atoms with E-state index in [1.807, 2.05) is 6.07 Å². The average Bonchev–Trinajstić information content (AvgIpc) is 3.07. The summed E-state index contributed by atoms with van der Waals surface area (Å²) in [7, 11) is 1.73. The zero-order valence-corrected chi connectivity index (χ0v) is 17.0. The molecule has 1 aromatic heterocycles. The molecule has 0 spiro atoms. The molecule has 0 unspecified atom stereocenters. The van der Waals surface area contributed by atoms with Crippen molar-refractivity contribution in [2.75, 3.05) is 7.11 Å². The van der Waals surface area contributed by atoms with Gasteiger partial charge in [-0.1, -0.05) is 60.7 Å². The molecule has 3 heteroatoms. The fraction of sp³-hybridized carbons (Fsp3) is 0.192. The molecule has 3 aromatic carbocycles. The van der Waals surface area contributed by atoms with Gasteiger partial charge in [0.05, 0.1) is 24.1 Å². The SMILES string of the molecule is COc1ccc2ccccc2c1-c1nc(-c2ccccc2)cc2c1C(C)(C)NC2. The van der Waals surface area contributed by atoms with E-state index in [-0.39, 0.29) is 5.54 Å². The fourth-order valence-corrected chi connectivity index (χ4v) is 4.44. The van der Waals surface area contributed by atoms with E-state index in [9.17, 15) is 0 Å². The molecule has 0 bridgehead atoms. The van der Waals surface area contributed by atoms with Gasteiger partial charge in [-0.3, -0.25) is 0 Å². The van der Waals surface area contributed by atoms with Gasteiger partial charge < -0.3 is 10.1 Å². The van der Waals surface area contributed by atoms with E-state index in [0.717, 1.165) is 40.2 Å². The summed E-state index contributed by atoms with van der Waals surface area (Å²) in [4.78, 5) is 5.22. The third kappa shape index (κ3) is 2.90. The number of hydrogen-bond donors (Lipinski definition) is 1. The van der Waals surface area contributed by atoms with Crippen LogP contribution in [0.5, 0.6) is 5.75 Å². The highest BCUT2D eigenvalue weighted by atomic mass is 16.5. The van der Waals surface area contributed by atoms with Crippen LogP contribution < -0.4 is 10.1 Å². The third-order valence-corrected chi connectivity index (χ3v) is 5.86. The van der Waals surface area contributed by atoms with E-state index < -0.39 is 0 Å². The van der Waals surface area contributed by atoms with Gasteiger partial charge in [0.2, 0.25) is 0 Å². The van der Waals surface area contributed by atoms with Crippen LogP contribution in [0.25, 0.3) is 33.3 Å². The maximum atomic E-state index is 5.82. The highest BCUT2D eigenvalue weighted by Gasteiger charge is 2.34. The third-order valence-electron chi connectivity index (χ3n) is 5.86. The second kappa shape index (κ2) is 6.71. The first kappa shape index (κ1) is 17.9. The minimum absolute atomic E-state index is 0.158. The smallest absolute Gasteiger partial charge is 0.128 e. The predicted octanol–water partition coefficient (Wildman–Crippen LogP) is 5.92. The van der Waals surface area contributed by atoms with Crippen molar-refractivity contribution in [1.29, 1.82) is 0 Å². The molecular weight excluding hydrogens is 356 g/mol. The van der Waals surface area contributed by atoms with Crippen LogP contribution in [0.3, 0.4) is 0 Å². The van der Waals surface area contributed by atoms with Crippen LogP contribution in [-0.2, 0) is 12.1 Å². The van der Waals surface area contributed by atoms with Crippen molar-refractivity contribution in [2.45, 2.75) is 25.9 Å². The van der Waals surface area contributed by atoms with Gasteiger partial charge in [0.1, 0.15) is 5.75 Å². The number of benzene rings is 3. The first-order valence-corrected chi connectivity index (χ1v) is 9.99. The summed E-state index contributed by atoms with van der Waals surface area (Å²) >= 11 is 0. The van der Waals surface area contributed by atoms with Crippen molar-refractivity contribution in [3.05, 3.63) is 83.9 Å². The molecule has 0 amide bonds. The Morgan fingerprint density at radius 2 is 1.69 bits per heavy atom. The molecule has 2 heterocycles. The molecular formula is C26H24N2O. The molecule has 0 aliphatic carbocycles. The van der Waals surface area contributed by atoms with Gasteiger partial charge in [-0.25, -0.2) is 4.98 Å². The van der Waals surface area contributed by atoms with Crippen molar-refractivity contribution >= 4 is 10.8 Å². The zero-order valence-electron chi connectivity index (χ0n) is 17.0. The summed E-state index contributed by atoms with van der Waals surface area (Å²) in [6, 6.07) is 25.2. The van der Waals surface area contributed by atoms with Gasteiger partial charge in [0, 0.05) is 23.2 Å². The highest BCUT2D eigenvalue weighted by Crippen LogP contribution is 2.44. The van der Waals surface area contributed by atoms with Crippen LogP contribution >= 0.6 is 0 Å². The summed E-state index contributed by atoms with van der Waals surface area (Å²) < 4.78 is 5.82. The number of hydrogen-bond acceptors (Lipinski definition) is 3. The van der Waals surface area contributed by atoms with Crippen molar-refractivity contribution in [2.24, 2.45) is 0 Å². The van der Waals surface area contributed by atoms with Crippen LogP contribution in [0.2, 0.25) is 0 Å². The second-order valence-electron chi connectivity index (χ2n) is 8.10. The zero-order chi connectivity index (χ0) is 20.0. The first-order chi connectivity index (χ1) is 14.1. The molecule has 1 aliphatic rings. The summed E-state index contributed by atoms with van der Waals surface area (Å²) in [5.74, 6) is 0.853. The Labute approximate surface area is 171 Å². The molecule has 0 fully saturated rings. The van der Waals surface area contributed by atoms with Gasteiger partial charge >= 0.3 is 0 Å².